The Bertz CT molecular complexity index is 1080. The van der Waals surface area contributed by atoms with Gasteiger partial charge in [0.05, 0.1) is 11.1 Å². The predicted octanol–water partition coefficient (Wildman–Crippen LogP) is 4.71. The number of methoxy groups -OCH3 is 1. The van der Waals surface area contributed by atoms with Crippen LogP contribution in [0.2, 0.25) is 0 Å². The molecule has 4 aromatic rings. The van der Waals surface area contributed by atoms with Crippen LogP contribution in [0.1, 0.15) is 12.0 Å². The quantitative estimate of drug-likeness (QED) is 0.472. The summed E-state index contributed by atoms with van der Waals surface area (Å²) in [5.74, 6) is 1.76. The zero-order chi connectivity index (χ0) is 19.3. The summed E-state index contributed by atoms with van der Waals surface area (Å²) in [6.45, 7) is 3.50. The van der Waals surface area contributed by atoms with Gasteiger partial charge in [0.2, 0.25) is 5.82 Å². The lowest BCUT2D eigenvalue weighted by Gasteiger charge is -2.11. The number of aryl methyl sites for hydroxylation is 1. The lowest BCUT2D eigenvalue weighted by molar-refractivity contribution is 0.198. The fourth-order valence-corrected chi connectivity index (χ4v) is 3.11. The fourth-order valence-electron chi connectivity index (χ4n) is 3.11. The first-order valence-corrected chi connectivity index (χ1v) is 9.29. The van der Waals surface area contributed by atoms with Crippen LogP contribution in [0.5, 0.6) is 0 Å². The van der Waals surface area contributed by atoms with Crippen molar-refractivity contribution in [3.8, 4) is 22.8 Å². The van der Waals surface area contributed by atoms with Crippen LogP contribution in [0.25, 0.3) is 33.7 Å². The average Bonchev–Trinajstić information content (AvgIpc) is 3.22. The first-order chi connectivity index (χ1) is 13.8. The van der Waals surface area contributed by atoms with Crippen LogP contribution in [0, 0.1) is 6.92 Å². The van der Waals surface area contributed by atoms with E-state index >= 15 is 0 Å². The Hall–Kier alpha value is -3.25. The van der Waals surface area contributed by atoms with E-state index in [2.05, 4.69) is 34.5 Å². The minimum absolute atomic E-state index is 0.491. The summed E-state index contributed by atoms with van der Waals surface area (Å²) in [5.41, 5.74) is 3.80. The zero-order valence-electron chi connectivity index (χ0n) is 16.0. The van der Waals surface area contributed by atoms with Crippen LogP contribution in [0.15, 0.2) is 59.1 Å². The Morgan fingerprint density at radius 1 is 1.04 bits per heavy atom. The number of nitrogens with zero attached hydrogens (tertiary/aromatic N) is 3. The number of hydrogen-bond acceptors (Lipinski definition) is 6. The molecule has 0 aliphatic rings. The third kappa shape index (κ3) is 3.73. The summed E-state index contributed by atoms with van der Waals surface area (Å²) < 4.78 is 10.6. The van der Waals surface area contributed by atoms with Crippen LogP contribution in [-0.2, 0) is 4.74 Å². The highest BCUT2D eigenvalue weighted by Gasteiger charge is 2.16. The SMILES string of the molecule is COCCCNc1nc2c(C)cccc2cc1-c1noc(-c2ccccc2)n1. The van der Waals surface area contributed by atoms with E-state index in [1.165, 1.54) is 0 Å². The number of nitrogens with one attached hydrogen (secondary N) is 1. The van der Waals surface area contributed by atoms with Crippen LogP contribution in [0.4, 0.5) is 5.82 Å². The maximum absolute atomic E-state index is 5.50. The van der Waals surface area contributed by atoms with Gasteiger partial charge in [-0.1, -0.05) is 41.6 Å². The molecule has 0 saturated carbocycles. The summed E-state index contributed by atoms with van der Waals surface area (Å²) in [6, 6.07) is 17.9. The third-order valence-corrected chi connectivity index (χ3v) is 4.55. The van der Waals surface area contributed by atoms with Gasteiger partial charge in [0, 0.05) is 31.2 Å². The number of fused-ring (bicyclic) bond motifs is 1. The summed E-state index contributed by atoms with van der Waals surface area (Å²) >= 11 is 0. The normalized spacial score (nSPS) is 11.1. The Morgan fingerprint density at radius 2 is 1.89 bits per heavy atom. The number of para-hydroxylation sites is 1. The second-order valence-electron chi connectivity index (χ2n) is 6.59. The van der Waals surface area contributed by atoms with Gasteiger partial charge in [-0.05, 0) is 37.1 Å². The van der Waals surface area contributed by atoms with Crippen LogP contribution in [0.3, 0.4) is 0 Å². The molecule has 0 aliphatic heterocycles. The lowest BCUT2D eigenvalue weighted by Crippen LogP contribution is -2.08. The smallest absolute Gasteiger partial charge is 0.258 e. The molecule has 0 fully saturated rings. The number of aromatic nitrogens is 3. The topological polar surface area (TPSA) is 73.1 Å². The number of hydrogen-bond donors (Lipinski definition) is 1. The van der Waals surface area contributed by atoms with Gasteiger partial charge in [0.25, 0.3) is 5.89 Å². The maximum atomic E-state index is 5.50. The molecular weight excluding hydrogens is 352 g/mol. The molecule has 28 heavy (non-hydrogen) atoms. The van der Waals surface area contributed by atoms with Gasteiger partial charge in [0.1, 0.15) is 5.82 Å². The van der Waals surface area contributed by atoms with Crippen molar-refractivity contribution in [3.63, 3.8) is 0 Å². The lowest BCUT2D eigenvalue weighted by atomic mass is 10.1. The van der Waals surface area contributed by atoms with Crippen molar-refractivity contribution in [2.75, 3.05) is 25.6 Å². The van der Waals surface area contributed by atoms with E-state index < -0.39 is 0 Å². The highest BCUT2D eigenvalue weighted by atomic mass is 16.5. The molecule has 0 spiro atoms. The molecule has 0 amide bonds. The van der Waals surface area contributed by atoms with E-state index in [4.69, 9.17) is 14.2 Å². The fraction of sp³-hybridized carbons (Fsp3) is 0.227. The van der Waals surface area contributed by atoms with E-state index in [0.717, 1.165) is 46.4 Å². The highest BCUT2D eigenvalue weighted by molar-refractivity contribution is 5.89. The Labute approximate surface area is 163 Å². The van der Waals surface area contributed by atoms with Gasteiger partial charge in [-0.3, -0.25) is 0 Å². The van der Waals surface area contributed by atoms with E-state index in [9.17, 15) is 0 Å². The number of anilines is 1. The standard InChI is InChI=1S/C22H22N4O2/c1-15-8-6-11-17-14-18(20(24-19(15)17)23-12-7-13-27-2)21-25-22(28-26-21)16-9-4-3-5-10-16/h3-6,8-11,14H,7,12-13H2,1-2H3,(H,23,24). The molecule has 2 heterocycles. The number of benzene rings is 2. The molecule has 0 unspecified atom stereocenters. The van der Waals surface area contributed by atoms with Crippen molar-refractivity contribution in [1.82, 2.24) is 15.1 Å². The summed E-state index contributed by atoms with van der Waals surface area (Å²) in [6.07, 6.45) is 0.880. The second kappa shape index (κ2) is 8.19. The van der Waals surface area contributed by atoms with Gasteiger partial charge in [-0.15, -0.1) is 0 Å². The maximum Gasteiger partial charge on any atom is 0.258 e. The van der Waals surface area contributed by atoms with E-state index in [-0.39, 0.29) is 0 Å². The van der Waals surface area contributed by atoms with Gasteiger partial charge in [0.15, 0.2) is 0 Å². The minimum Gasteiger partial charge on any atom is -0.385 e. The Morgan fingerprint density at radius 3 is 2.71 bits per heavy atom. The molecule has 0 bridgehead atoms. The molecule has 0 saturated heterocycles. The molecular formula is C22H22N4O2. The number of ether oxygens (including phenoxy) is 1. The molecule has 0 radical (unpaired) electrons. The third-order valence-electron chi connectivity index (χ3n) is 4.55. The molecule has 6 heteroatoms. The van der Waals surface area contributed by atoms with E-state index in [1.54, 1.807) is 7.11 Å². The van der Waals surface area contributed by atoms with Crippen LogP contribution < -0.4 is 5.32 Å². The summed E-state index contributed by atoms with van der Waals surface area (Å²) in [5, 5.41) is 8.65. The minimum atomic E-state index is 0.491. The molecule has 0 atom stereocenters. The zero-order valence-corrected chi connectivity index (χ0v) is 16.0. The van der Waals surface area contributed by atoms with Gasteiger partial charge >= 0.3 is 0 Å². The molecule has 2 aromatic carbocycles. The number of pyridine rings is 1. The van der Waals surface area contributed by atoms with Crippen molar-refractivity contribution in [1.29, 1.82) is 0 Å². The highest BCUT2D eigenvalue weighted by Crippen LogP contribution is 2.31. The van der Waals surface area contributed by atoms with E-state index in [0.29, 0.717) is 18.3 Å². The molecule has 4 rings (SSSR count). The first kappa shape index (κ1) is 18.1. The predicted molar refractivity (Wildman–Crippen MR) is 110 cm³/mol. The summed E-state index contributed by atoms with van der Waals surface area (Å²) in [4.78, 5) is 9.46. The van der Waals surface area contributed by atoms with Gasteiger partial charge in [-0.25, -0.2) is 4.98 Å². The van der Waals surface area contributed by atoms with Crippen molar-refractivity contribution < 1.29 is 9.26 Å². The van der Waals surface area contributed by atoms with Gasteiger partial charge < -0.3 is 14.6 Å². The van der Waals surface area contributed by atoms with Crippen molar-refractivity contribution in [3.05, 3.63) is 60.2 Å². The molecule has 142 valence electrons. The largest absolute Gasteiger partial charge is 0.385 e. The van der Waals surface area contributed by atoms with Crippen LogP contribution >= 0.6 is 0 Å². The molecule has 6 nitrogen and oxygen atoms in total. The Kier molecular flexibility index (Phi) is 5.30. The van der Waals surface area contributed by atoms with E-state index in [1.807, 2.05) is 42.5 Å². The molecule has 2 aromatic heterocycles. The Balaban J connectivity index is 1.75. The number of rotatable bonds is 7. The summed E-state index contributed by atoms with van der Waals surface area (Å²) in [7, 11) is 1.70. The molecule has 1 N–H and O–H groups in total. The average molecular weight is 374 g/mol. The molecule has 0 aliphatic carbocycles. The van der Waals surface area contributed by atoms with Crippen molar-refractivity contribution >= 4 is 16.7 Å². The van der Waals surface area contributed by atoms with Crippen molar-refractivity contribution in [2.24, 2.45) is 0 Å². The van der Waals surface area contributed by atoms with Crippen LogP contribution in [-0.4, -0.2) is 35.4 Å². The second-order valence-corrected chi connectivity index (χ2v) is 6.59. The monoisotopic (exact) mass is 374 g/mol. The van der Waals surface area contributed by atoms with Crippen molar-refractivity contribution in [2.45, 2.75) is 13.3 Å². The first-order valence-electron chi connectivity index (χ1n) is 9.29. The van der Waals surface area contributed by atoms with Gasteiger partial charge in [-0.2, -0.15) is 4.98 Å².